The Kier molecular flexibility index (Phi) is 9.93. The average Bonchev–Trinajstić information content (AvgIpc) is 4.44. The number of para-hydroxylation sites is 6. The highest BCUT2D eigenvalue weighted by molar-refractivity contribution is 6.14. The number of nitrogens with zero attached hydrogens (tertiary/aromatic N) is 7. The van der Waals surface area contributed by atoms with Crippen LogP contribution in [0.3, 0.4) is 0 Å². The van der Waals surface area contributed by atoms with Gasteiger partial charge in [0, 0.05) is 77.0 Å². The Morgan fingerprint density at radius 1 is 0.237 bits per heavy atom. The number of fused-ring (bicyclic) bond motifs is 12. The van der Waals surface area contributed by atoms with Crippen LogP contribution in [0.2, 0.25) is 0 Å². The van der Waals surface area contributed by atoms with Crippen LogP contribution in [0.5, 0.6) is 0 Å². The van der Waals surface area contributed by atoms with Crippen molar-refractivity contribution in [2.24, 2.45) is 0 Å². The Hall–Kier alpha value is -11.3. The van der Waals surface area contributed by atoms with Crippen molar-refractivity contribution in [3.63, 3.8) is 0 Å². The minimum atomic E-state index is 0.334. The van der Waals surface area contributed by atoms with Crippen molar-refractivity contribution < 1.29 is 0 Å². The van der Waals surface area contributed by atoms with E-state index in [2.05, 4.69) is 273 Å². The zero-order chi connectivity index (χ0) is 53.0. The van der Waals surface area contributed by atoms with E-state index in [1.165, 1.54) is 65.2 Å². The zero-order valence-electron chi connectivity index (χ0n) is 43.0. The molecule has 7 nitrogen and oxygen atoms in total. The molecule has 5 aromatic heterocycles. The minimum Gasteiger partial charge on any atom is -0.309 e. The van der Waals surface area contributed by atoms with E-state index in [0.717, 1.165) is 78.5 Å². The second-order valence-electron chi connectivity index (χ2n) is 20.6. The summed E-state index contributed by atoms with van der Waals surface area (Å²) in [6, 6.07) is 96.8. The predicted octanol–water partition coefficient (Wildman–Crippen LogP) is 18.2. The van der Waals surface area contributed by atoms with Crippen LogP contribution in [0.15, 0.2) is 261 Å². The first-order valence-electron chi connectivity index (χ1n) is 26.8. The molecule has 5 heterocycles. The number of benzene rings is 11. The molecule has 16 rings (SSSR count). The van der Waals surface area contributed by atoms with Gasteiger partial charge in [0.1, 0.15) is 12.1 Å². The fraction of sp³-hybridized carbons (Fsp3) is 0. The molecule has 11 aromatic carbocycles. The maximum Gasteiger partial charge on any atom is 0.101 e. The fourth-order valence-electron chi connectivity index (χ4n) is 12.6. The van der Waals surface area contributed by atoms with Gasteiger partial charge in [-0.25, -0.2) is 4.98 Å². The van der Waals surface area contributed by atoms with E-state index in [9.17, 15) is 10.5 Å². The van der Waals surface area contributed by atoms with Crippen molar-refractivity contribution in [2.45, 2.75) is 0 Å². The second kappa shape index (κ2) is 17.7. The topological polar surface area (TPSA) is 80.2 Å². The first-order valence-corrected chi connectivity index (χ1v) is 26.8. The molecule has 0 unspecified atom stereocenters. The van der Waals surface area contributed by atoms with Gasteiger partial charge in [-0.1, -0.05) is 140 Å². The summed E-state index contributed by atoms with van der Waals surface area (Å²) in [5.74, 6) is 0. The summed E-state index contributed by atoms with van der Waals surface area (Å²) in [6.45, 7) is 0. The monoisotopic (exact) mass is 1020 g/mol. The molecular formula is C73H43N7. The van der Waals surface area contributed by atoms with Gasteiger partial charge < -0.3 is 18.3 Å². The molecule has 7 heteroatoms. The number of rotatable bonds is 7. The van der Waals surface area contributed by atoms with Crippen LogP contribution < -0.4 is 0 Å². The molecule has 0 aliphatic rings. The SMILES string of the molecule is N#Cc1ccc(-c2cc(-c3ccc(-n4c5ccccc5c5cc(-n6c7ccccc7c7ccccc76)ccc54)cc3)nc(-c3ccc(-n4c5ccccc5c5cc(-n6c7ccccc7c7ccccc76)ccc54)cc3)c2)cc1C#N. The lowest BCUT2D eigenvalue weighted by atomic mass is 9.97. The maximum atomic E-state index is 10.1. The number of aromatic nitrogens is 5. The molecule has 0 atom stereocenters. The van der Waals surface area contributed by atoms with E-state index >= 15 is 0 Å². The third-order valence-corrected chi connectivity index (χ3v) is 16.3. The van der Waals surface area contributed by atoms with Gasteiger partial charge in [0.25, 0.3) is 0 Å². The summed E-state index contributed by atoms with van der Waals surface area (Å²) in [5.41, 5.74) is 19.4. The van der Waals surface area contributed by atoms with Gasteiger partial charge in [-0.15, -0.1) is 0 Å². The molecule has 0 amide bonds. The van der Waals surface area contributed by atoms with Crippen molar-refractivity contribution in [3.05, 3.63) is 272 Å². The third kappa shape index (κ3) is 6.82. The Morgan fingerprint density at radius 3 is 0.900 bits per heavy atom. The quantitative estimate of drug-likeness (QED) is 0.160. The molecule has 0 radical (unpaired) electrons. The zero-order valence-corrected chi connectivity index (χ0v) is 43.0. The van der Waals surface area contributed by atoms with Crippen LogP contribution in [0.4, 0.5) is 0 Å². The van der Waals surface area contributed by atoms with E-state index in [-0.39, 0.29) is 0 Å². The highest BCUT2D eigenvalue weighted by Gasteiger charge is 2.20. The lowest BCUT2D eigenvalue weighted by Crippen LogP contribution is -1.97. The van der Waals surface area contributed by atoms with Crippen LogP contribution in [-0.2, 0) is 0 Å². The van der Waals surface area contributed by atoms with Crippen LogP contribution in [0, 0.1) is 22.7 Å². The van der Waals surface area contributed by atoms with Crippen LogP contribution in [-0.4, -0.2) is 23.3 Å². The molecule has 0 fully saturated rings. The lowest BCUT2D eigenvalue weighted by Gasteiger charge is -2.13. The van der Waals surface area contributed by atoms with E-state index in [4.69, 9.17) is 4.98 Å². The first-order chi connectivity index (χ1) is 39.6. The molecule has 0 aliphatic carbocycles. The van der Waals surface area contributed by atoms with E-state index < -0.39 is 0 Å². The molecule has 16 aromatic rings. The summed E-state index contributed by atoms with van der Waals surface area (Å²) in [7, 11) is 0. The lowest BCUT2D eigenvalue weighted by molar-refractivity contribution is 1.16. The normalized spacial score (nSPS) is 11.7. The predicted molar refractivity (Wildman–Crippen MR) is 327 cm³/mol. The van der Waals surface area contributed by atoms with Crippen molar-refractivity contribution in [1.82, 2.24) is 23.3 Å². The Bertz CT molecular complexity index is 4920. The summed E-state index contributed by atoms with van der Waals surface area (Å²) >= 11 is 0. The van der Waals surface area contributed by atoms with E-state index in [1.807, 2.05) is 6.07 Å². The third-order valence-electron chi connectivity index (χ3n) is 16.3. The Balaban J connectivity index is 0.792. The van der Waals surface area contributed by atoms with Crippen molar-refractivity contribution in [1.29, 1.82) is 10.5 Å². The molecule has 0 aliphatic heterocycles. The number of hydrogen-bond donors (Lipinski definition) is 0. The molecule has 0 saturated carbocycles. The summed E-state index contributed by atoms with van der Waals surface area (Å²) in [5, 5.41) is 29.6. The molecule has 80 heavy (non-hydrogen) atoms. The molecule has 0 spiro atoms. The molecule has 0 bridgehead atoms. The summed E-state index contributed by atoms with van der Waals surface area (Å²) in [6.07, 6.45) is 0. The molecular weight excluding hydrogens is 975 g/mol. The van der Waals surface area contributed by atoms with Gasteiger partial charge in [0.15, 0.2) is 0 Å². The van der Waals surface area contributed by atoms with Crippen molar-refractivity contribution in [2.75, 3.05) is 0 Å². The van der Waals surface area contributed by atoms with Crippen molar-refractivity contribution >= 4 is 87.2 Å². The van der Waals surface area contributed by atoms with E-state index in [1.54, 1.807) is 12.1 Å². The van der Waals surface area contributed by atoms with Crippen LogP contribution >= 0.6 is 0 Å². The fourth-order valence-corrected chi connectivity index (χ4v) is 12.6. The second-order valence-corrected chi connectivity index (χ2v) is 20.6. The van der Waals surface area contributed by atoms with Gasteiger partial charge in [-0.05, 0) is 132 Å². The van der Waals surface area contributed by atoms with Crippen molar-refractivity contribution in [3.8, 4) is 68.5 Å². The number of pyridine rings is 1. The highest BCUT2D eigenvalue weighted by atomic mass is 15.0. The average molecular weight is 1020 g/mol. The number of nitriles is 2. The first kappa shape index (κ1) is 45.0. The van der Waals surface area contributed by atoms with Crippen LogP contribution in [0.25, 0.3) is 144 Å². The minimum absolute atomic E-state index is 0.334. The molecule has 0 saturated heterocycles. The Labute approximate surface area is 459 Å². The van der Waals surface area contributed by atoms with Gasteiger partial charge in [-0.3, -0.25) is 0 Å². The molecule has 0 N–H and O–H groups in total. The smallest absolute Gasteiger partial charge is 0.101 e. The van der Waals surface area contributed by atoms with Gasteiger partial charge in [0.05, 0.1) is 66.6 Å². The summed E-state index contributed by atoms with van der Waals surface area (Å²) in [4.78, 5) is 5.38. The Morgan fingerprint density at radius 2 is 0.537 bits per heavy atom. The maximum absolute atomic E-state index is 10.1. The van der Waals surface area contributed by atoms with Gasteiger partial charge >= 0.3 is 0 Å². The van der Waals surface area contributed by atoms with Crippen LogP contribution in [0.1, 0.15) is 11.1 Å². The summed E-state index contributed by atoms with van der Waals surface area (Å²) < 4.78 is 9.46. The highest BCUT2D eigenvalue weighted by Crippen LogP contribution is 2.41. The van der Waals surface area contributed by atoms with E-state index in [0.29, 0.717) is 11.1 Å². The number of hydrogen-bond acceptors (Lipinski definition) is 3. The van der Waals surface area contributed by atoms with Gasteiger partial charge in [-0.2, -0.15) is 10.5 Å². The van der Waals surface area contributed by atoms with Gasteiger partial charge in [0.2, 0.25) is 0 Å². The molecule has 370 valence electrons. The largest absolute Gasteiger partial charge is 0.309 e. The standard InChI is InChI=1S/C73H43N7/c74-44-49-26-25-48(39-51(49)45-75)50-40-64(46-27-31-52(32-28-46)77-70-23-11-5-17-60(70)62-42-54(35-37-72(62)77)79-66-19-7-1-13-56(66)57-14-2-8-20-67(57)79)76-65(41-50)47-29-33-53(34-30-47)78-71-24-12-6-18-61(71)63-43-55(36-38-73(63)78)80-68-21-9-3-15-58(68)59-16-4-10-22-69(59)80/h1-43H.